The van der Waals surface area contributed by atoms with Gasteiger partial charge in [0.25, 0.3) is 0 Å². The maximum absolute atomic E-state index is 10.7. The smallest absolute Gasteiger partial charge is 2.00 e. The SMILES string of the molecule is CC/C1=C/[N-]c2ccccc2NCCCNc2ccccc2N=C1.F[P-](F)(F)(F)(F)F.[Ni+2]. The van der Waals surface area contributed by atoms with E-state index in [4.69, 9.17) is 0 Å². The summed E-state index contributed by atoms with van der Waals surface area (Å²) in [6.07, 6.45) is 5.72. The summed E-state index contributed by atoms with van der Waals surface area (Å²) in [5.74, 6) is 0. The van der Waals surface area contributed by atoms with Gasteiger partial charge in [0.05, 0.1) is 11.4 Å². The average molecular weight is 523 g/mol. The van der Waals surface area contributed by atoms with E-state index in [1.165, 1.54) is 0 Å². The molecule has 0 amide bonds. The third-order valence-corrected chi connectivity index (χ3v) is 3.94. The summed E-state index contributed by atoms with van der Waals surface area (Å²) in [6.45, 7) is 3.91. The molecule has 1 aliphatic heterocycles. The Balaban J connectivity index is 0.000000558. The number of nitrogens with one attached hydrogen (secondary N) is 2. The second kappa shape index (κ2) is 10.6. The first kappa shape index (κ1) is 27.8. The monoisotopic (exact) mass is 522 g/mol. The molecule has 2 aromatic rings. The third-order valence-electron chi connectivity index (χ3n) is 3.94. The number of rotatable bonds is 1. The number of benzene rings is 2. The minimum Gasteiger partial charge on any atom is 2.00 e. The molecule has 1 heterocycles. The van der Waals surface area contributed by atoms with Crippen molar-refractivity contribution in [2.45, 2.75) is 19.8 Å². The summed E-state index contributed by atoms with van der Waals surface area (Å²) in [7, 11) is -10.7. The van der Waals surface area contributed by atoms with Crippen molar-refractivity contribution in [3.8, 4) is 0 Å². The van der Waals surface area contributed by atoms with Crippen LogP contribution in [0.2, 0.25) is 0 Å². The van der Waals surface area contributed by atoms with E-state index >= 15 is 0 Å². The van der Waals surface area contributed by atoms with Crippen LogP contribution in [0.1, 0.15) is 19.8 Å². The summed E-state index contributed by atoms with van der Waals surface area (Å²) in [5, 5.41) is 11.6. The molecular formula is C20H23F6N4NiP. The fourth-order valence-corrected chi connectivity index (χ4v) is 2.53. The molecule has 0 aromatic heterocycles. The Morgan fingerprint density at radius 3 is 2.03 bits per heavy atom. The van der Waals surface area contributed by atoms with Crippen molar-refractivity contribution in [2.75, 3.05) is 23.7 Å². The predicted octanol–water partition coefficient (Wildman–Crippen LogP) is 9.00. The molecule has 0 atom stereocenters. The Hall–Kier alpha value is -2.25. The van der Waals surface area contributed by atoms with Gasteiger partial charge in [-0.2, -0.15) is 6.20 Å². The fraction of sp³-hybridized carbons (Fsp3) is 0.250. The van der Waals surface area contributed by atoms with Crippen molar-refractivity contribution in [1.29, 1.82) is 0 Å². The predicted molar refractivity (Wildman–Crippen MR) is 118 cm³/mol. The van der Waals surface area contributed by atoms with Crippen molar-refractivity contribution in [2.24, 2.45) is 4.99 Å². The van der Waals surface area contributed by atoms with Crippen LogP contribution in [-0.2, 0) is 16.5 Å². The summed E-state index contributed by atoms with van der Waals surface area (Å²) in [4.78, 5) is 4.65. The topological polar surface area (TPSA) is 50.5 Å². The van der Waals surface area contributed by atoms with Gasteiger partial charge in [-0.1, -0.05) is 42.8 Å². The Bertz CT molecular complexity index is 937. The van der Waals surface area contributed by atoms with E-state index in [9.17, 15) is 25.2 Å². The Morgan fingerprint density at radius 1 is 0.875 bits per heavy atom. The minimum atomic E-state index is -10.7. The van der Waals surface area contributed by atoms with E-state index in [1.54, 1.807) is 0 Å². The Morgan fingerprint density at radius 2 is 1.41 bits per heavy atom. The van der Waals surface area contributed by atoms with Gasteiger partial charge >= 0.3 is 49.5 Å². The van der Waals surface area contributed by atoms with Crippen LogP contribution >= 0.6 is 7.81 Å². The second-order valence-electron chi connectivity index (χ2n) is 6.64. The van der Waals surface area contributed by atoms with Crippen LogP contribution in [0.3, 0.4) is 0 Å². The zero-order chi connectivity index (χ0) is 23.0. The first-order chi connectivity index (χ1) is 14.3. The molecule has 0 spiro atoms. The van der Waals surface area contributed by atoms with Gasteiger partial charge in [0, 0.05) is 25.0 Å². The third kappa shape index (κ3) is 12.6. The van der Waals surface area contributed by atoms with Gasteiger partial charge in [0.1, 0.15) is 0 Å². The molecule has 4 nitrogen and oxygen atoms in total. The van der Waals surface area contributed by atoms with Crippen LogP contribution < -0.4 is 10.6 Å². The van der Waals surface area contributed by atoms with Crippen LogP contribution in [0.5, 0.6) is 0 Å². The molecule has 0 bridgehead atoms. The largest absolute Gasteiger partial charge is 2.00 e. The summed E-state index contributed by atoms with van der Waals surface area (Å²) in [5.41, 5.74) is 5.15. The van der Waals surface area contributed by atoms with Crippen molar-refractivity contribution < 1.29 is 41.7 Å². The van der Waals surface area contributed by atoms with Crippen LogP contribution in [0.4, 0.5) is 47.9 Å². The maximum atomic E-state index is 9.87. The standard InChI is InChI=1S/C20H23N4.F6P.Ni/c1-2-16-14-23-19-10-5-3-8-17(19)21-12-7-13-22-18-9-4-6-11-20(18)24-15-16;1-7(2,3,4,5)6;/h3-6,8-11,14-15,21-22H,2,7,12-13H2,1H3;;/q2*-1;+2/b16-14-,24-15?;;. The maximum Gasteiger partial charge on any atom is 2.00 e. The van der Waals surface area contributed by atoms with Crippen molar-refractivity contribution in [3.05, 3.63) is 65.6 Å². The number of allylic oxidation sites excluding steroid dienone is 1. The number of anilines is 2. The van der Waals surface area contributed by atoms with Crippen LogP contribution in [0, 0.1) is 0 Å². The van der Waals surface area contributed by atoms with E-state index in [0.717, 1.165) is 54.3 Å². The molecule has 32 heavy (non-hydrogen) atoms. The summed E-state index contributed by atoms with van der Waals surface area (Å²) in [6, 6.07) is 16.3. The van der Waals surface area contributed by atoms with Gasteiger partial charge in [-0.25, -0.2) is 0 Å². The number of fused-ring (bicyclic) bond motifs is 2. The first-order valence-corrected chi connectivity index (χ1v) is 11.5. The molecule has 2 N–H and O–H groups in total. The quantitative estimate of drug-likeness (QED) is 0.223. The van der Waals surface area contributed by atoms with Gasteiger partial charge in [-0.05, 0) is 31.0 Å². The fourth-order valence-electron chi connectivity index (χ4n) is 2.53. The molecule has 0 aliphatic carbocycles. The first-order valence-electron chi connectivity index (χ1n) is 9.48. The molecule has 0 fully saturated rings. The number of hydrogen-bond acceptors (Lipinski definition) is 3. The molecule has 1 aliphatic rings. The molecule has 3 rings (SSSR count). The Kier molecular flexibility index (Phi) is 9.19. The zero-order valence-corrected chi connectivity index (χ0v) is 18.9. The molecule has 0 unspecified atom stereocenters. The van der Waals surface area contributed by atoms with Gasteiger partial charge in [-0.15, -0.1) is 5.69 Å². The van der Waals surface area contributed by atoms with Crippen molar-refractivity contribution in [1.82, 2.24) is 0 Å². The molecule has 0 radical (unpaired) electrons. The van der Waals surface area contributed by atoms with E-state index < -0.39 is 7.81 Å². The molecule has 0 saturated heterocycles. The molecular weight excluding hydrogens is 500 g/mol. The zero-order valence-electron chi connectivity index (χ0n) is 17.0. The van der Waals surface area contributed by atoms with E-state index in [1.807, 2.05) is 48.8 Å². The van der Waals surface area contributed by atoms with E-state index in [-0.39, 0.29) is 16.5 Å². The van der Waals surface area contributed by atoms with E-state index in [0.29, 0.717) is 0 Å². The van der Waals surface area contributed by atoms with Crippen molar-refractivity contribution >= 4 is 36.8 Å². The number of aliphatic imine (C=N–C) groups is 1. The number of nitrogens with zero attached hydrogens (tertiary/aromatic N) is 2. The van der Waals surface area contributed by atoms with Crippen molar-refractivity contribution in [3.63, 3.8) is 0 Å². The normalized spacial score (nSPS) is 17.8. The second-order valence-corrected chi connectivity index (χ2v) is 8.56. The number of para-hydroxylation sites is 4. The van der Waals surface area contributed by atoms with Gasteiger partial charge in [0.2, 0.25) is 0 Å². The summed E-state index contributed by atoms with van der Waals surface area (Å²) >= 11 is 0. The van der Waals surface area contributed by atoms with Gasteiger partial charge < -0.3 is 16.0 Å². The number of hydrogen-bond donors (Lipinski definition) is 2. The van der Waals surface area contributed by atoms with Gasteiger partial charge in [-0.3, -0.25) is 4.99 Å². The van der Waals surface area contributed by atoms with E-state index in [2.05, 4.69) is 40.0 Å². The Labute approximate surface area is 192 Å². The molecule has 12 heteroatoms. The number of halogens is 6. The molecule has 2 aromatic carbocycles. The molecule has 180 valence electrons. The molecule has 0 saturated carbocycles. The van der Waals surface area contributed by atoms with Gasteiger partial charge in [0.15, 0.2) is 0 Å². The van der Waals surface area contributed by atoms with Crippen LogP contribution in [0.25, 0.3) is 5.32 Å². The average Bonchev–Trinajstić information content (AvgIpc) is 2.67. The summed E-state index contributed by atoms with van der Waals surface area (Å²) < 4.78 is 59.2. The minimum absolute atomic E-state index is 0. The van der Waals surface area contributed by atoms with Crippen LogP contribution in [0.15, 0.2) is 65.3 Å². The van der Waals surface area contributed by atoms with Crippen LogP contribution in [-0.4, -0.2) is 19.3 Å².